The van der Waals surface area contributed by atoms with Crippen molar-refractivity contribution in [2.75, 3.05) is 23.7 Å². The van der Waals surface area contributed by atoms with Crippen LogP contribution in [0.3, 0.4) is 0 Å². The number of anilines is 1. The summed E-state index contributed by atoms with van der Waals surface area (Å²) in [5.41, 5.74) is 1.97. The lowest BCUT2D eigenvalue weighted by atomic mass is 10.1. The second kappa shape index (κ2) is 13.9. The average molecular weight is 588 g/mol. The fourth-order valence-corrected chi connectivity index (χ4v) is 6.15. The number of amides is 2. The van der Waals surface area contributed by atoms with E-state index >= 15 is 0 Å². The Kier molecular flexibility index (Phi) is 10.9. The van der Waals surface area contributed by atoms with Gasteiger partial charge in [0.2, 0.25) is 11.8 Å². The summed E-state index contributed by atoms with van der Waals surface area (Å²) in [5, 5.41) is 3.25. The summed E-state index contributed by atoms with van der Waals surface area (Å²) in [6.45, 7) is 5.49. The van der Waals surface area contributed by atoms with Crippen LogP contribution in [0.25, 0.3) is 0 Å². The first-order valence-electron chi connectivity index (χ1n) is 12.7. The van der Waals surface area contributed by atoms with Gasteiger partial charge in [0.15, 0.2) is 0 Å². The fourth-order valence-electron chi connectivity index (χ4n) is 4.14. The Morgan fingerprint density at radius 3 is 2.18 bits per heavy atom. The van der Waals surface area contributed by atoms with Gasteiger partial charge in [0.05, 0.1) is 10.6 Å². The molecule has 2 amide bonds. The quantitative estimate of drug-likeness (QED) is 0.282. The third-order valence-corrected chi connectivity index (χ3v) is 9.18. The third kappa shape index (κ3) is 7.56. The summed E-state index contributed by atoms with van der Waals surface area (Å²) < 4.78 is 28.9. The van der Waals surface area contributed by atoms with Gasteiger partial charge >= 0.3 is 0 Å². The predicted octanol–water partition coefficient (Wildman–Crippen LogP) is 5.51. The zero-order valence-electron chi connectivity index (χ0n) is 22.6. The molecule has 0 fully saturated rings. The van der Waals surface area contributed by atoms with Crippen LogP contribution in [0.5, 0.6) is 0 Å². The van der Waals surface area contributed by atoms with Crippen LogP contribution in [-0.2, 0) is 26.2 Å². The number of sulfonamides is 1. The second-order valence-electron chi connectivity index (χ2n) is 8.95. The summed E-state index contributed by atoms with van der Waals surface area (Å²) in [4.78, 5) is 29.4. The molecule has 0 radical (unpaired) electrons. The van der Waals surface area contributed by atoms with Crippen LogP contribution in [0, 0.1) is 6.92 Å². The van der Waals surface area contributed by atoms with E-state index in [1.807, 2.05) is 20.1 Å². The van der Waals surface area contributed by atoms with E-state index in [-0.39, 0.29) is 17.3 Å². The molecule has 7 nitrogen and oxygen atoms in total. The zero-order chi connectivity index (χ0) is 28.6. The average Bonchev–Trinajstić information content (AvgIpc) is 2.93. The van der Waals surface area contributed by atoms with E-state index in [1.165, 1.54) is 28.8 Å². The molecule has 3 aromatic rings. The molecule has 0 aromatic heterocycles. The van der Waals surface area contributed by atoms with Crippen molar-refractivity contribution in [3.05, 3.63) is 88.9 Å². The molecule has 0 saturated carbocycles. The first-order chi connectivity index (χ1) is 18.6. The SMILES string of the molecule is CCNC(=O)[C@H](CC)N(Cc1ccccc1Cl)C(=O)CN(c1ccc(C)cc1)S(=O)(=O)c1ccc(SC)cc1. The van der Waals surface area contributed by atoms with Gasteiger partial charge in [0, 0.05) is 23.0 Å². The largest absolute Gasteiger partial charge is 0.355 e. The van der Waals surface area contributed by atoms with Crippen LogP contribution in [0.15, 0.2) is 82.6 Å². The van der Waals surface area contributed by atoms with Gasteiger partial charge in [-0.1, -0.05) is 54.4 Å². The fraction of sp³-hybridized carbons (Fsp3) is 0.310. The lowest BCUT2D eigenvalue weighted by Crippen LogP contribution is -2.52. The van der Waals surface area contributed by atoms with Crippen molar-refractivity contribution in [2.24, 2.45) is 0 Å². The molecule has 0 bridgehead atoms. The predicted molar refractivity (Wildman–Crippen MR) is 159 cm³/mol. The number of hydrogen-bond donors (Lipinski definition) is 1. The van der Waals surface area contributed by atoms with Gasteiger partial charge in [-0.05, 0) is 74.6 Å². The van der Waals surface area contributed by atoms with Crippen LogP contribution in [0.1, 0.15) is 31.4 Å². The van der Waals surface area contributed by atoms with E-state index in [0.717, 1.165) is 14.8 Å². The Morgan fingerprint density at radius 1 is 0.974 bits per heavy atom. The molecular weight excluding hydrogens is 554 g/mol. The van der Waals surface area contributed by atoms with Gasteiger partial charge in [-0.2, -0.15) is 0 Å². The minimum Gasteiger partial charge on any atom is -0.355 e. The number of rotatable bonds is 12. The number of aryl methyl sites for hydroxylation is 1. The van der Waals surface area contributed by atoms with Crippen molar-refractivity contribution in [3.8, 4) is 0 Å². The number of nitrogens with zero attached hydrogens (tertiary/aromatic N) is 2. The van der Waals surface area contributed by atoms with Crippen molar-refractivity contribution in [2.45, 2.75) is 49.6 Å². The smallest absolute Gasteiger partial charge is 0.264 e. The molecular formula is C29H34ClN3O4S2. The van der Waals surface area contributed by atoms with Crippen molar-refractivity contribution in [1.29, 1.82) is 0 Å². The number of carbonyl (C=O) groups is 2. The van der Waals surface area contributed by atoms with E-state index in [1.54, 1.807) is 67.6 Å². The Morgan fingerprint density at radius 2 is 1.62 bits per heavy atom. The molecule has 0 heterocycles. The maximum Gasteiger partial charge on any atom is 0.264 e. The normalized spacial score (nSPS) is 12.0. The van der Waals surface area contributed by atoms with Gasteiger partial charge in [-0.25, -0.2) is 8.42 Å². The highest BCUT2D eigenvalue weighted by atomic mass is 35.5. The van der Waals surface area contributed by atoms with E-state index in [2.05, 4.69) is 5.32 Å². The van der Waals surface area contributed by atoms with Gasteiger partial charge in [0.25, 0.3) is 10.0 Å². The highest BCUT2D eigenvalue weighted by Crippen LogP contribution is 2.27. The van der Waals surface area contributed by atoms with Crippen LogP contribution in [-0.4, -0.2) is 50.5 Å². The Balaban J connectivity index is 2.06. The number of carbonyl (C=O) groups excluding carboxylic acids is 2. The summed E-state index contributed by atoms with van der Waals surface area (Å²) in [6, 6.07) is 19.8. The molecule has 0 saturated heterocycles. The number of nitrogens with one attached hydrogen (secondary N) is 1. The van der Waals surface area contributed by atoms with Gasteiger partial charge in [-0.3, -0.25) is 13.9 Å². The molecule has 0 aliphatic rings. The van der Waals surface area contributed by atoms with E-state index in [9.17, 15) is 18.0 Å². The molecule has 10 heteroatoms. The summed E-state index contributed by atoms with van der Waals surface area (Å²) in [7, 11) is -4.11. The van der Waals surface area contributed by atoms with E-state index in [0.29, 0.717) is 29.2 Å². The molecule has 1 atom stereocenters. The van der Waals surface area contributed by atoms with Gasteiger partial charge in [-0.15, -0.1) is 11.8 Å². The minimum atomic E-state index is -4.11. The van der Waals surface area contributed by atoms with Crippen LogP contribution >= 0.6 is 23.4 Å². The Labute approximate surface area is 240 Å². The van der Waals surface area contributed by atoms with Crippen molar-refractivity contribution >= 4 is 50.9 Å². The highest BCUT2D eigenvalue weighted by Gasteiger charge is 2.33. The van der Waals surface area contributed by atoms with Gasteiger partial charge < -0.3 is 10.2 Å². The molecule has 208 valence electrons. The maximum atomic E-state index is 14.0. The molecule has 0 unspecified atom stereocenters. The zero-order valence-corrected chi connectivity index (χ0v) is 24.9. The number of thioether (sulfide) groups is 1. The lowest BCUT2D eigenvalue weighted by molar-refractivity contribution is -0.140. The first kappa shape index (κ1) is 30.5. The molecule has 1 N–H and O–H groups in total. The van der Waals surface area contributed by atoms with Crippen LogP contribution < -0.4 is 9.62 Å². The molecule has 39 heavy (non-hydrogen) atoms. The number of benzene rings is 3. The van der Waals surface area contributed by atoms with E-state index < -0.39 is 28.5 Å². The molecule has 3 rings (SSSR count). The summed E-state index contributed by atoms with van der Waals surface area (Å²) in [6.07, 6.45) is 2.25. The molecule has 0 spiro atoms. The summed E-state index contributed by atoms with van der Waals surface area (Å²) in [5.74, 6) is -0.823. The third-order valence-electron chi connectivity index (χ3n) is 6.28. The highest BCUT2D eigenvalue weighted by molar-refractivity contribution is 7.98. The van der Waals surface area contributed by atoms with Crippen molar-refractivity contribution in [3.63, 3.8) is 0 Å². The molecule has 0 aliphatic heterocycles. The minimum absolute atomic E-state index is 0.0539. The monoisotopic (exact) mass is 587 g/mol. The number of hydrogen-bond acceptors (Lipinski definition) is 5. The summed E-state index contributed by atoms with van der Waals surface area (Å²) >= 11 is 7.91. The number of halogens is 1. The maximum absolute atomic E-state index is 14.0. The topological polar surface area (TPSA) is 86.8 Å². The van der Waals surface area contributed by atoms with E-state index in [4.69, 9.17) is 11.6 Å². The van der Waals surface area contributed by atoms with Crippen molar-refractivity contribution < 1.29 is 18.0 Å². The second-order valence-corrected chi connectivity index (χ2v) is 12.1. The number of likely N-dealkylation sites (N-methyl/N-ethyl adjacent to an activating group) is 1. The molecule has 3 aromatic carbocycles. The van der Waals surface area contributed by atoms with Crippen LogP contribution in [0.4, 0.5) is 5.69 Å². The van der Waals surface area contributed by atoms with Crippen LogP contribution in [0.2, 0.25) is 5.02 Å². The standard InChI is InChI=1S/C29H34ClN3O4S2/c1-5-27(29(35)31-6-2)32(19-22-9-7-8-10-26(22)30)28(34)20-33(23-13-11-21(3)12-14-23)39(36,37)25-17-15-24(38-4)16-18-25/h7-18,27H,5-6,19-20H2,1-4H3,(H,31,35)/t27-/m0/s1. The Hall–Kier alpha value is -3.01. The van der Waals surface area contributed by atoms with Crippen molar-refractivity contribution in [1.82, 2.24) is 10.2 Å². The van der Waals surface area contributed by atoms with Gasteiger partial charge in [0.1, 0.15) is 12.6 Å². The first-order valence-corrected chi connectivity index (χ1v) is 15.7. The Bertz CT molecular complexity index is 1380. The lowest BCUT2D eigenvalue weighted by Gasteiger charge is -2.33. The molecule has 0 aliphatic carbocycles.